The van der Waals surface area contributed by atoms with E-state index >= 15 is 0 Å². The maximum Gasteiger partial charge on any atom is 0.335 e. The Bertz CT molecular complexity index is 1410. The van der Waals surface area contributed by atoms with Crippen molar-refractivity contribution in [2.24, 2.45) is 7.05 Å². The first-order valence-electron chi connectivity index (χ1n) is 12.4. The van der Waals surface area contributed by atoms with Gasteiger partial charge in [0.1, 0.15) is 5.75 Å². The van der Waals surface area contributed by atoms with Crippen LogP contribution in [0.5, 0.6) is 5.75 Å². The predicted molar refractivity (Wildman–Crippen MR) is 140 cm³/mol. The molecular formula is C27H29N7O2. The minimum atomic E-state index is -0.168. The fraction of sp³-hybridized carbons (Fsp3) is 0.333. The van der Waals surface area contributed by atoms with Crippen LogP contribution in [0.3, 0.4) is 0 Å². The normalized spacial score (nSPS) is 16.3. The standard InChI is InChI=1S/C27H29N7O2/c1-32-16-18-14-22(10-13-24(18)31-32)33-17-19-15-28-26(29-20-6-4-3-5-7-20)30-25(19)34(27(33)35)21-8-11-23(36-2)12-9-21/h8-16,20H,3-7,17H2,1-2H3,(H,28,29,30). The summed E-state index contributed by atoms with van der Waals surface area (Å²) in [6.45, 7) is 0.385. The summed E-state index contributed by atoms with van der Waals surface area (Å²) < 4.78 is 7.11. The second-order valence-electron chi connectivity index (χ2n) is 9.47. The monoisotopic (exact) mass is 483 g/mol. The molecule has 2 amide bonds. The highest BCUT2D eigenvalue weighted by Crippen LogP contribution is 2.37. The van der Waals surface area contributed by atoms with E-state index in [-0.39, 0.29) is 6.03 Å². The SMILES string of the molecule is COc1ccc(N2C(=O)N(c3ccc4nn(C)cc4c3)Cc3cnc(NC4CCCCC4)nc32)cc1. The number of carbonyl (C=O) groups excluding carboxylic acids is 1. The average molecular weight is 484 g/mol. The Morgan fingerprint density at radius 2 is 1.81 bits per heavy atom. The number of nitrogens with one attached hydrogen (secondary N) is 1. The van der Waals surface area contributed by atoms with Gasteiger partial charge in [-0.2, -0.15) is 10.1 Å². The molecule has 0 saturated heterocycles. The van der Waals surface area contributed by atoms with Crippen molar-refractivity contribution >= 4 is 40.1 Å². The zero-order chi connectivity index (χ0) is 24.6. The van der Waals surface area contributed by atoms with Crippen molar-refractivity contribution in [3.8, 4) is 5.75 Å². The van der Waals surface area contributed by atoms with E-state index in [1.54, 1.807) is 21.6 Å². The van der Waals surface area contributed by atoms with Crippen LogP contribution in [0.25, 0.3) is 10.9 Å². The van der Waals surface area contributed by atoms with Gasteiger partial charge in [-0.05, 0) is 55.3 Å². The molecule has 1 saturated carbocycles. The molecule has 0 atom stereocenters. The number of aromatic nitrogens is 4. The molecule has 0 bridgehead atoms. The summed E-state index contributed by atoms with van der Waals surface area (Å²) in [6, 6.07) is 13.5. The minimum Gasteiger partial charge on any atom is -0.497 e. The molecule has 0 unspecified atom stereocenters. The number of rotatable bonds is 5. The van der Waals surface area contributed by atoms with E-state index in [0.29, 0.717) is 24.4 Å². The fourth-order valence-electron chi connectivity index (χ4n) is 5.12. The van der Waals surface area contributed by atoms with Gasteiger partial charge in [0.2, 0.25) is 5.95 Å². The highest BCUT2D eigenvalue weighted by molar-refractivity contribution is 6.10. The zero-order valence-corrected chi connectivity index (χ0v) is 20.5. The van der Waals surface area contributed by atoms with Gasteiger partial charge in [0.05, 0.1) is 24.9 Å². The van der Waals surface area contributed by atoms with Crippen molar-refractivity contribution in [1.82, 2.24) is 19.7 Å². The highest BCUT2D eigenvalue weighted by atomic mass is 16.5. The van der Waals surface area contributed by atoms with E-state index in [0.717, 1.165) is 46.4 Å². The number of hydrogen-bond acceptors (Lipinski definition) is 6. The molecule has 4 aromatic rings. The lowest BCUT2D eigenvalue weighted by atomic mass is 9.96. The average Bonchev–Trinajstić information content (AvgIpc) is 3.28. The number of fused-ring (bicyclic) bond motifs is 2. The van der Waals surface area contributed by atoms with Crippen molar-refractivity contribution in [2.75, 3.05) is 22.2 Å². The number of carbonyl (C=O) groups is 1. The van der Waals surface area contributed by atoms with Crippen LogP contribution in [-0.2, 0) is 13.6 Å². The Labute approximate surface area is 209 Å². The molecule has 1 fully saturated rings. The number of methoxy groups -OCH3 is 1. The molecule has 3 heterocycles. The lowest BCUT2D eigenvalue weighted by Gasteiger charge is -2.36. The molecule has 0 radical (unpaired) electrons. The molecular weight excluding hydrogens is 454 g/mol. The molecule has 9 nitrogen and oxygen atoms in total. The maximum absolute atomic E-state index is 14.0. The van der Waals surface area contributed by atoms with Crippen LogP contribution in [0.1, 0.15) is 37.7 Å². The fourth-order valence-corrected chi connectivity index (χ4v) is 5.12. The third kappa shape index (κ3) is 4.10. The van der Waals surface area contributed by atoms with Gasteiger partial charge in [-0.25, -0.2) is 14.7 Å². The molecule has 1 aliphatic heterocycles. The predicted octanol–water partition coefficient (Wildman–Crippen LogP) is 5.39. The Hall–Kier alpha value is -4.14. The van der Waals surface area contributed by atoms with E-state index in [9.17, 15) is 4.79 Å². The van der Waals surface area contributed by atoms with Gasteiger partial charge in [-0.1, -0.05) is 19.3 Å². The van der Waals surface area contributed by atoms with Gasteiger partial charge >= 0.3 is 6.03 Å². The van der Waals surface area contributed by atoms with E-state index in [1.807, 2.05) is 61.9 Å². The third-order valence-electron chi connectivity index (χ3n) is 6.99. The van der Waals surface area contributed by atoms with Crippen LogP contribution in [0, 0.1) is 0 Å². The maximum atomic E-state index is 14.0. The summed E-state index contributed by atoms with van der Waals surface area (Å²) in [6.07, 6.45) is 9.74. The number of anilines is 4. The van der Waals surface area contributed by atoms with Gasteiger partial charge in [-0.15, -0.1) is 0 Å². The molecule has 6 rings (SSSR count). The molecule has 36 heavy (non-hydrogen) atoms. The van der Waals surface area contributed by atoms with E-state index in [2.05, 4.69) is 15.4 Å². The molecule has 2 aliphatic rings. The third-order valence-corrected chi connectivity index (χ3v) is 6.99. The first-order valence-corrected chi connectivity index (χ1v) is 12.4. The number of ether oxygens (including phenoxy) is 1. The van der Waals surface area contributed by atoms with Gasteiger partial charge in [0.15, 0.2) is 5.82 Å². The summed E-state index contributed by atoms with van der Waals surface area (Å²) in [5.41, 5.74) is 3.29. The number of aryl methyl sites for hydroxylation is 1. The number of benzene rings is 2. The molecule has 1 aliphatic carbocycles. The number of amides is 2. The number of nitrogens with zero attached hydrogens (tertiary/aromatic N) is 6. The second-order valence-corrected chi connectivity index (χ2v) is 9.47. The number of urea groups is 1. The van der Waals surface area contributed by atoms with Crippen LogP contribution in [0.2, 0.25) is 0 Å². The molecule has 9 heteroatoms. The van der Waals surface area contributed by atoms with Crippen molar-refractivity contribution in [1.29, 1.82) is 0 Å². The lowest BCUT2D eigenvalue weighted by molar-refractivity contribution is 0.252. The molecule has 184 valence electrons. The second kappa shape index (κ2) is 9.14. The van der Waals surface area contributed by atoms with Crippen molar-refractivity contribution < 1.29 is 9.53 Å². The van der Waals surface area contributed by atoms with Gasteiger partial charge in [0.25, 0.3) is 0 Å². The van der Waals surface area contributed by atoms with Crippen LogP contribution in [-0.4, -0.2) is 38.9 Å². The van der Waals surface area contributed by atoms with E-state index in [1.165, 1.54) is 19.3 Å². The van der Waals surface area contributed by atoms with E-state index in [4.69, 9.17) is 9.72 Å². The molecule has 2 aromatic carbocycles. The quantitative estimate of drug-likeness (QED) is 0.409. The molecule has 1 N–H and O–H groups in total. The highest BCUT2D eigenvalue weighted by Gasteiger charge is 2.34. The number of hydrogen-bond donors (Lipinski definition) is 1. The van der Waals surface area contributed by atoms with Crippen LogP contribution in [0.4, 0.5) is 27.9 Å². The Kier molecular flexibility index (Phi) is 5.67. The largest absolute Gasteiger partial charge is 0.497 e. The van der Waals surface area contributed by atoms with Crippen molar-refractivity contribution in [2.45, 2.75) is 44.7 Å². The Morgan fingerprint density at radius 1 is 1.03 bits per heavy atom. The molecule has 2 aromatic heterocycles. The molecule has 0 spiro atoms. The van der Waals surface area contributed by atoms with Gasteiger partial charge < -0.3 is 10.1 Å². The van der Waals surface area contributed by atoms with Crippen LogP contribution >= 0.6 is 0 Å². The summed E-state index contributed by atoms with van der Waals surface area (Å²) in [5.74, 6) is 1.90. The minimum absolute atomic E-state index is 0.168. The van der Waals surface area contributed by atoms with E-state index < -0.39 is 0 Å². The topological polar surface area (TPSA) is 88.4 Å². The van der Waals surface area contributed by atoms with Gasteiger partial charge in [0, 0.05) is 42.1 Å². The summed E-state index contributed by atoms with van der Waals surface area (Å²) in [5, 5.41) is 8.93. The smallest absolute Gasteiger partial charge is 0.335 e. The van der Waals surface area contributed by atoms with Gasteiger partial charge in [-0.3, -0.25) is 9.58 Å². The zero-order valence-electron chi connectivity index (χ0n) is 20.5. The van der Waals surface area contributed by atoms with Crippen LogP contribution in [0.15, 0.2) is 54.9 Å². The van der Waals surface area contributed by atoms with Crippen LogP contribution < -0.4 is 19.9 Å². The first kappa shape index (κ1) is 22.3. The van der Waals surface area contributed by atoms with Crippen molar-refractivity contribution in [3.63, 3.8) is 0 Å². The lowest BCUT2D eigenvalue weighted by Crippen LogP contribution is -2.45. The summed E-state index contributed by atoms with van der Waals surface area (Å²) >= 11 is 0. The Morgan fingerprint density at radius 3 is 2.58 bits per heavy atom. The summed E-state index contributed by atoms with van der Waals surface area (Å²) in [7, 11) is 3.52. The van der Waals surface area contributed by atoms with Crippen molar-refractivity contribution in [3.05, 3.63) is 60.4 Å². The first-order chi connectivity index (χ1) is 17.6. The Balaban J connectivity index is 1.40. The summed E-state index contributed by atoms with van der Waals surface area (Å²) in [4.78, 5) is 26.9.